The molecule has 0 N–H and O–H groups in total. The lowest BCUT2D eigenvalue weighted by Crippen LogP contribution is -2.46. The first kappa shape index (κ1) is 14.8. The molecule has 1 heterocycles. The van der Waals surface area contributed by atoms with Gasteiger partial charge in [0.1, 0.15) is 5.60 Å². The molecule has 1 aliphatic heterocycles. The van der Waals surface area contributed by atoms with Crippen molar-refractivity contribution in [3.8, 4) is 0 Å². The average molecular weight is 268 g/mol. The van der Waals surface area contributed by atoms with E-state index in [9.17, 15) is 4.79 Å². The SMILES string of the molecule is CCC(C)(C)C(=O)OC1(C)CCOC1C1CCCC1. The van der Waals surface area contributed by atoms with E-state index in [4.69, 9.17) is 9.47 Å². The molecule has 0 aromatic rings. The summed E-state index contributed by atoms with van der Waals surface area (Å²) in [5.74, 6) is 0.496. The molecule has 0 aromatic heterocycles. The van der Waals surface area contributed by atoms with E-state index in [0.717, 1.165) is 19.4 Å². The molecule has 2 atom stereocenters. The number of carbonyl (C=O) groups is 1. The second-order valence-electron chi connectivity index (χ2n) is 7.03. The number of hydrogen-bond donors (Lipinski definition) is 0. The highest BCUT2D eigenvalue weighted by molar-refractivity contribution is 5.76. The molecule has 0 radical (unpaired) electrons. The second-order valence-corrected chi connectivity index (χ2v) is 7.03. The van der Waals surface area contributed by atoms with Gasteiger partial charge in [0.2, 0.25) is 0 Å². The highest BCUT2D eigenvalue weighted by atomic mass is 16.6. The molecule has 0 bridgehead atoms. The van der Waals surface area contributed by atoms with Crippen LogP contribution in [0.1, 0.15) is 66.2 Å². The Morgan fingerprint density at radius 3 is 2.58 bits per heavy atom. The first-order valence-electron chi connectivity index (χ1n) is 7.74. The number of rotatable bonds is 4. The maximum Gasteiger partial charge on any atom is 0.312 e. The molecule has 110 valence electrons. The molecule has 19 heavy (non-hydrogen) atoms. The molecule has 0 aromatic carbocycles. The van der Waals surface area contributed by atoms with Gasteiger partial charge in [-0.1, -0.05) is 19.8 Å². The summed E-state index contributed by atoms with van der Waals surface area (Å²) in [6.45, 7) is 8.73. The molecule has 1 aliphatic carbocycles. The van der Waals surface area contributed by atoms with E-state index in [-0.39, 0.29) is 12.1 Å². The molecule has 2 aliphatic rings. The fourth-order valence-electron chi connectivity index (χ4n) is 3.21. The number of ether oxygens (including phenoxy) is 2. The molecule has 0 amide bonds. The summed E-state index contributed by atoms with van der Waals surface area (Å²) in [7, 11) is 0. The third-order valence-corrected chi connectivity index (χ3v) is 5.09. The van der Waals surface area contributed by atoms with Crippen molar-refractivity contribution < 1.29 is 14.3 Å². The number of carbonyl (C=O) groups excluding carboxylic acids is 1. The van der Waals surface area contributed by atoms with Crippen LogP contribution in [-0.4, -0.2) is 24.3 Å². The van der Waals surface area contributed by atoms with Crippen molar-refractivity contribution in [1.82, 2.24) is 0 Å². The van der Waals surface area contributed by atoms with Crippen molar-refractivity contribution in [1.29, 1.82) is 0 Å². The molecule has 0 spiro atoms. The third kappa shape index (κ3) is 2.96. The van der Waals surface area contributed by atoms with E-state index in [1.807, 2.05) is 20.8 Å². The first-order chi connectivity index (χ1) is 8.89. The van der Waals surface area contributed by atoms with Gasteiger partial charge >= 0.3 is 5.97 Å². The van der Waals surface area contributed by atoms with Gasteiger partial charge < -0.3 is 9.47 Å². The van der Waals surface area contributed by atoms with E-state index in [2.05, 4.69) is 6.92 Å². The van der Waals surface area contributed by atoms with Gasteiger partial charge in [-0.15, -0.1) is 0 Å². The van der Waals surface area contributed by atoms with Gasteiger partial charge in [-0.05, 0) is 46.0 Å². The second kappa shape index (κ2) is 5.43. The zero-order valence-corrected chi connectivity index (χ0v) is 12.8. The monoisotopic (exact) mass is 268 g/mol. The first-order valence-corrected chi connectivity index (χ1v) is 7.74. The highest BCUT2D eigenvalue weighted by Gasteiger charge is 2.49. The van der Waals surface area contributed by atoms with Crippen molar-refractivity contribution in [2.24, 2.45) is 11.3 Å². The van der Waals surface area contributed by atoms with Gasteiger partial charge in [0.15, 0.2) is 0 Å². The van der Waals surface area contributed by atoms with E-state index in [1.54, 1.807) is 0 Å². The predicted molar refractivity (Wildman–Crippen MR) is 74.9 cm³/mol. The van der Waals surface area contributed by atoms with Crippen molar-refractivity contribution in [2.75, 3.05) is 6.61 Å². The van der Waals surface area contributed by atoms with Crippen LogP contribution < -0.4 is 0 Å². The Kier molecular flexibility index (Phi) is 4.24. The third-order valence-electron chi connectivity index (χ3n) is 5.09. The van der Waals surface area contributed by atoms with E-state index >= 15 is 0 Å². The summed E-state index contributed by atoms with van der Waals surface area (Å²) >= 11 is 0. The van der Waals surface area contributed by atoms with Crippen LogP contribution in [0.25, 0.3) is 0 Å². The molecular formula is C16H28O3. The van der Waals surface area contributed by atoms with Crippen LogP contribution >= 0.6 is 0 Å². The minimum Gasteiger partial charge on any atom is -0.456 e. The quantitative estimate of drug-likeness (QED) is 0.729. The smallest absolute Gasteiger partial charge is 0.312 e. The minimum absolute atomic E-state index is 0.0778. The summed E-state index contributed by atoms with van der Waals surface area (Å²) in [5.41, 5.74) is -0.815. The molecule has 2 fully saturated rings. The molecule has 1 saturated heterocycles. The maximum atomic E-state index is 12.3. The Labute approximate surface area is 117 Å². The Hall–Kier alpha value is -0.570. The molecule has 2 unspecified atom stereocenters. The average Bonchev–Trinajstić information content (AvgIpc) is 2.97. The topological polar surface area (TPSA) is 35.5 Å². The van der Waals surface area contributed by atoms with Gasteiger partial charge in [-0.25, -0.2) is 0 Å². The van der Waals surface area contributed by atoms with Crippen molar-refractivity contribution in [3.63, 3.8) is 0 Å². The van der Waals surface area contributed by atoms with Gasteiger partial charge in [0.05, 0.1) is 18.1 Å². The maximum absolute atomic E-state index is 12.3. The Morgan fingerprint density at radius 1 is 1.37 bits per heavy atom. The summed E-state index contributed by atoms with van der Waals surface area (Å²) in [6.07, 6.45) is 6.75. The van der Waals surface area contributed by atoms with Crippen LogP contribution in [0.2, 0.25) is 0 Å². The summed E-state index contributed by atoms with van der Waals surface area (Å²) in [4.78, 5) is 12.3. The van der Waals surface area contributed by atoms with E-state index in [1.165, 1.54) is 25.7 Å². The zero-order valence-electron chi connectivity index (χ0n) is 12.8. The lowest BCUT2D eigenvalue weighted by atomic mass is 9.85. The standard InChI is InChI=1S/C16H28O3/c1-5-15(2,3)14(17)19-16(4)10-11-18-13(16)12-8-6-7-9-12/h12-13H,5-11H2,1-4H3. The van der Waals surface area contributed by atoms with Crippen molar-refractivity contribution in [3.05, 3.63) is 0 Å². The fraction of sp³-hybridized carbons (Fsp3) is 0.938. The van der Waals surface area contributed by atoms with Crippen LogP contribution in [0.4, 0.5) is 0 Å². The summed E-state index contributed by atoms with van der Waals surface area (Å²) < 4.78 is 11.8. The Balaban J connectivity index is 2.06. The van der Waals surface area contributed by atoms with Gasteiger partial charge in [-0.2, -0.15) is 0 Å². The summed E-state index contributed by atoms with van der Waals surface area (Å²) in [5, 5.41) is 0. The van der Waals surface area contributed by atoms with Gasteiger partial charge in [0.25, 0.3) is 0 Å². The highest BCUT2D eigenvalue weighted by Crippen LogP contribution is 2.42. The Morgan fingerprint density at radius 2 is 2.00 bits per heavy atom. The lowest BCUT2D eigenvalue weighted by molar-refractivity contribution is -0.177. The van der Waals surface area contributed by atoms with Crippen molar-refractivity contribution in [2.45, 2.75) is 77.9 Å². The largest absolute Gasteiger partial charge is 0.456 e. The minimum atomic E-state index is -0.418. The molecular weight excluding hydrogens is 240 g/mol. The van der Waals surface area contributed by atoms with Crippen molar-refractivity contribution >= 4 is 5.97 Å². The molecule has 1 saturated carbocycles. The molecule has 2 rings (SSSR count). The summed E-state index contributed by atoms with van der Waals surface area (Å²) in [6, 6.07) is 0. The molecule has 3 heteroatoms. The van der Waals surface area contributed by atoms with E-state index in [0.29, 0.717) is 5.92 Å². The lowest BCUT2D eigenvalue weighted by Gasteiger charge is -2.36. The molecule has 3 nitrogen and oxygen atoms in total. The number of hydrogen-bond acceptors (Lipinski definition) is 3. The zero-order chi connectivity index (χ0) is 14.1. The number of esters is 1. The van der Waals surface area contributed by atoms with Crippen LogP contribution in [0.3, 0.4) is 0 Å². The van der Waals surface area contributed by atoms with Crippen LogP contribution in [0, 0.1) is 11.3 Å². The van der Waals surface area contributed by atoms with Crippen LogP contribution in [0.5, 0.6) is 0 Å². The van der Waals surface area contributed by atoms with E-state index < -0.39 is 11.0 Å². The van der Waals surface area contributed by atoms with Gasteiger partial charge in [-0.3, -0.25) is 4.79 Å². The fourth-order valence-corrected chi connectivity index (χ4v) is 3.21. The van der Waals surface area contributed by atoms with Gasteiger partial charge in [0, 0.05) is 6.42 Å². The van der Waals surface area contributed by atoms with Crippen LogP contribution in [-0.2, 0) is 14.3 Å². The normalized spacial score (nSPS) is 32.7. The Bertz CT molecular complexity index is 331. The van der Waals surface area contributed by atoms with Crippen LogP contribution in [0.15, 0.2) is 0 Å². The predicted octanol–water partition coefficient (Wildman–Crippen LogP) is 3.70.